The minimum absolute atomic E-state index is 0.616. The molecule has 118 valence electrons. The van der Waals surface area contributed by atoms with Crippen molar-refractivity contribution in [3.05, 3.63) is 53.9 Å². The molecule has 0 aliphatic heterocycles. The molecule has 1 aromatic heterocycles. The summed E-state index contributed by atoms with van der Waals surface area (Å²) in [5.74, 6) is 0. The van der Waals surface area contributed by atoms with Gasteiger partial charge in [-0.1, -0.05) is 37.3 Å². The largest absolute Gasteiger partial charge is 0.387 e. The summed E-state index contributed by atoms with van der Waals surface area (Å²) in [6.07, 6.45) is 0.838. The van der Waals surface area contributed by atoms with Gasteiger partial charge in [-0.15, -0.1) is 0 Å². The number of nitrogens with zero attached hydrogens (tertiary/aromatic N) is 1. The lowest BCUT2D eigenvalue weighted by molar-refractivity contribution is 0.132. The first kappa shape index (κ1) is 16.5. The third-order valence-corrected chi connectivity index (χ3v) is 3.55. The molecule has 0 saturated carbocycles. The van der Waals surface area contributed by atoms with Crippen molar-refractivity contribution in [2.24, 2.45) is 5.73 Å². The van der Waals surface area contributed by atoms with Crippen LogP contribution >= 0.6 is 0 Å². The summed E-state index contributed by atoms with van der Waals surface area (Å²) < 4.78 is 12.5. The van der Waals surface area contributed by atoms with Gasteiger partial charge < -0.3 is 16.2 Å². The van der Waals surface area contributed by atoms with Gasteiger partial charge in [-0.3, -0.25) is 4.98 Å². The Morgan fingerprint density at radius 2 is 1.86 bits per heavy atom. The first-order valence-corrected chi connectivity index (χ1v) is 7.41. The van der Waals surface area contributed by atoms with Crippen LogP contribution in [0.2, 0.25) is 0 Å². The molecule has 0 saturated heterocycles. The monoisotopic (exact) mass is 303 g/mol. The van der Waals surface area contributed by atoms with Crippen molar-refractivity contribution in [3.63, 3.8) is 0 Å². The SMILES string of the molecule is CCNCc1ccc(-c2ccc([C@@H](O)[C@H](N)CF)cc2)cn1. The highest BCUT2D eigenvalue weighted by Crippen LogP contribution is 2.23. The molecule has 2 aromatic rings. The van der Waals surface area contributed by atoms with Crippen LogP contribution in [0.5, 0.6) is 0 Å². The lowest BCUT2D eigenvalue weighted by Crippen LogP contribution is -2.30. The topological polar surface area (TPSA) is 71.2 Å². The number of aromatic nitrogens is 1. The number of pyridine rings is 1. The number of hydrogen-bond acceptors (Lipinski definition) is 4. The van der Waals surface area contributed by atoms with Crippen LogP contribution in [-0.2, 0) is 6.54 Å². The lowest BCUT2D eigenvalue weighted by atomic mass is 10.00. The van der Waals surface area contributed by atoms with E-state index in [9.17, 15) is 9.50 Å². The highest BCUT2D eigenvalue weighted by molar-refractivity contribution is 5.62. The van der Waals surface area contributed by atoms with Crippen LogP contribution in [0, 0.1) is 0 Å². The van der Waals surface area contributed by atoms with Crippen LogP contribution in [0.1, 0.15) is 24.3 Å². The Morgan fingerprint density at radius 1 is 1.18 bits per heavy atom. The molecule has 0 unspecified atom stereocenters. The van der Waals surface area contributed by atoms with Gasteiger partial charge in [0, 0.05) is 18.3 Å². The average molecular weight is 303 g/mol. The average Bonchev–Trinajstić information content (AvgIpc) is 2.59. The smallest absolute Gasteiger partial charge is 0.107 e. The van der Waals surface area contributed by atoms with E-state index >= 15 is 0 Å². The van der Waals surface area contributed by atoms with Crippen LogP contribution in [0.4, 0.5) is 4.39 Å². The highest BCUT2D eigenvalue weighted by Gasteiger charge is 2.16. The molecule has 2 atom stereocenters. The van der Waals surface area contributed by atoms with E-state index < -0.39 is 18.8 Å². The van der Waals surface area contributed by atoms with Gasteiger partial charge in [-0.05, 0) is 23.7 Å². The van der Waals surface area contributed by atoms with Gasteiger partial charge in [-0.25, -0.2) is 4.39 Å². The maximum Gasteiger partial charge on any atom is 0.107 e. The molecule has 1 aromatic carbocycles. The second-order valence-electron chi connectivity index (χ2n) is 5.20. The molecule has 0 aliphatic carbocycles. The summed E-state index contributed by atoms with van der Waals surface area (Å²) in [5.41, 5.74) is 9.11. The zero-order valence-electron chi connectivity index (χ0n) is 12.7. The predicted molar refractivity (Wildman–Crippen MR) is 86.0 cm³/mol. The van der Waals surface area contributed by atoms with E-state index in [2.05, 4.69) is 17.2 Å². The van der Waals surface area contributed by atoms with Crippen LogP contribution in [-0.4, -0.2) is 29.4 Å². The van der Waals surface area contributed by atoms with Crippen LogP contribution in [0.3, 0.4) is 0 Å². The molecule has 2 rings (SSSR count). The van der Waals surface area contributed by atoms with Crippen LogP contribution in [0.25, 0.3) is 11.1 Å². The molecule has 0 aliphatic rings. The molecule has 22 heavy (non-hydrogen) atoms. The standard InChI is InChI=1S/C17H22FN3O/c1-2-20-11-15-8-7-14(10-21-15)12-3-5-13(6-4-12)17(22)16(19)9-18/h3-8,10,16-17,20,22H,2,9,11,19H2,1H3/t16-,17-/m1/s1. The summed E-state index contributed by atoms with van der Waals surface area (Å²) in [7, 11) is 0. The van der Waals surface area contributed by atoms with Crippen molar-refractivity contribution in [2.45, 2.75) is 25.6 Å². The van der Waals surface area contributed by atoms with Gasteiger partial charge in [0.2, 0.25) is 0 Å². The first-order chi connectivity index (χ1) is 10.7. The Hall–Kier alpha value is -1.82. The molecule has 0 bridgehead atoms. The minimum atomic E-state index is -0.986. The Kier molecular flexibility index (Phi) is 6.00. The zero-order chi connectivity index (χ0) is 15.9. The first-order valence-electron chi connectivity index (χ1n) is 7.41. The fourth-order valence-corrected chi connectivity index (χ4v) is 2.16. The number of benzene rings is 1. The maximum atomic E-state index is 12.5. The minimum Gasteiger partial charge on any atom is -0.387 e. The fraction of sp³-hybridized carbons (Fsp3) is 0.353. The van der Waals surface area contributed by atoms with E-state index in [0.29, 0.717) is 5.56 Å². The number of alkyl halides is 1. The molecular formula is C17H22FN3O. The number of halogens is 1. The molecule has 5 heteroatoms. The summed E-state index contributed by atoms with van der Waals surface area (Å²) in [5, 5.41) is 13.1. The second kappa shape index (κ2) is 7.98. The Balaban J connectivity index is 2.10. The van der Waals surface area contributed by atoms with Gasteiger partial charge in [0.15, 0.2) is 0 Å². The summed E-state index contributed by atoms with van der Waals surface area (Å²) in [6.45, 7) is 2.97. The molecule has 0 radical (unpaired) electrons. The highest BCUT2D eigenvalue weighted by atomic mass is 19.1. The van der Waals surface area contributed by atoms with E-state index in [1.54, 1.807) is 12.1 Å². The Morgan fingerprint density at radius 3 is 2.41 bits per heavy atom. The van der Waals surface area contributed by atoms with E-state index in [4.69, 9.17) is 5.73 Å². The normalized spacial score (nSPS) is 13.8. The third-order valence-electron chi connectivity index (χ3n) is 3.55. The summed E-state index contributed by atoms with van der Waals surface area (Å²) >= 11 is 0. The number of aliphatic hydroxyl groups is 1. The number of nitrogens with one attached hydrogen (secondary N) is 1. The van der Waals surface area contributed by atoms with Crippen molar-refractivity contribution < 1.29 is 9.50 Å². The third kappa shape index (κ3) is 4.10. The van der Waals surface area contributed by atoms with Crippen molar-refractivity contribution in [2.75, 3.05) is 13.2 Å². The molecule has 4 N–H and O–H groups in total. The summed E-state index contributed by atoms with van der Waals surface area (Å²) in [6, 6.07) is 10.4. The molecular weight excluding hydrogens is 281 g/mol. The van der Waals surface area contributed by atoms with Crippen LogP contribution < -0.4 is 11.1 Å². The number of rotatable bonds is 7. The van der Waals surface area contributed by atoms with Gasteiger partial charge in [0.25, 0.3) is 0 Å². The molecule has 0 amide bonds. The second-order valence-corrected chi connectivity index (χ2v) is 5.20. The maximum absolute atomic E-state index is 12.5. The van der Waals surface area contributed by atoms with E-state index in [1.165, 1.54) is 0 Å². The van der Waals surface area contributed by atoms with Gasteiger partial charge in [-0.2, -0.15) is 0 Å². The number of aliphatic hydroxyl groups excluding tert-OH is 1. The number of nitrogens with two attached hydrogens (primary N) is 1. The van der Waals surface area contributed by atoms with Gasteiger partial charge in [0.05, 0.1) is 17.8 Å². The van der Waals surface area contributed by atoms with Crippen LogP contribution in [0.15, 0.2) is 42.6 Å². The predicted octanol–water partition coefficient (Wildman–Crippen LogP) is 2.19. The summed E-state index contributed by atoms with van der Waals surface area (Å²) in [4.78, 5) is 4.41. The molecule has 0 fully saturated rings. The van der Waals surface area contributed by atoms with Gasteiger partial charge in [0.1, 0.15) is 6.67 Å². The Bertz CT molecular complexity index is 571. The molecule has 1 heterocycles. The zero-order valence-corrected chi connectivity index (χ0v) is 12.7. The van der Waals surface area contributed by atoms with Crippen molar-refractivity contribution in [1.82, 2.24) is 10.3 Å². The fourth-order valence-electron chi connectivity index (χ4n) is 2.16. The molecule has 0 spiro atoms. The van der Waals surface area contributed by atoms with E-state index in [1.807, 2.05) is 30.5 Å². The van der Waals surface area contributed by atoms with Gasteiger partial charge >= 0.3 is 0 Å². The lowest BCUT2D eigenvalue weighted by Gasteiger charge is -2.16. The van der Waals surface area contributed by atoms with E-state index in [-0.39, 0.29) is 0 Å². The van der Waals surface area contributed by atoms with Crippen molar-refractivity contribution >= 4 is 0 Å². The van der Waals surface area contributed by atoms with Crippen molar-refractivity contribution in [3.8, 4) is 11.1 Å². The van der Waals surface area contributed by atoms with Crippen molar-refractivity contribution in [1.29, 1.82) is 0 Å². The van der Waals surface area contributed by atoms with E-state index in [0.717, 1.165) is 29.9 Å². The molecule has 4 nitrogen and oxygen atoms in total. The number of hydrogen-bond donors (Lipinski definition) is 3. The Labute approximate surface area is 130 Å². The quantitative estimate of drug-likeness (QED) is 0.733.